The SMILES string of the molecule is Cc1cc(=O)c(C(=O)Nc2ccc(NC(=O)C3CCCO3)cc2)nn1-c1cccc(C(F)(F)F)c1. The summed E-state index contributed by atoms with van der Waals surface area (Å²) in [5.74, 6) is -1.08. The first kappa shape index (κ1) is 24.1. The highest BCUT2D eigenvalue weighted by Crippen LogP contribution is 2.30. The summed E-state index contributed by atoms with van der Waals surface area (Å²) in [5, 5.41) is 9.28. The van der Waals surface area contributed by atoms with Crippen LogP contribution in [0.25, 0.3) is 5.69 Å². The smallest absolute Gasteiger partial charge is 0.368 e. The third-order valence-corrected chi connectivity index (χ3v) is 5.37. The van der Waals surface area contributed by atoms with E-state index in [1.54, 1.807) is 12.1 Å². The lowest BCUT2D eigenvalue weighted by Crippen LogP contribution is -2.27. The highest BCUT2D eigenvalue weighted by molar-refractivity contribution is 6.03. The lowest BCUT2D eigenvalue weighted by molar-refractivity contribution is -0.137. The van der Waals surface area contributed by atoms with Crippen molar-refractivity contribution in [3.63, 3.8) is 0 Å². The van der Waals surface area contributed by atoms with E-state index in [0.29, 0.717) is 24.4 Å². The van der Waals surface area contributed by atoms with E-state index >= 15 is 0 Å². The molecule has 2 aromatic carbocycles. The van der Waals surface area contributed by atoms with Gasteiger partial charge < -0.3 is 15.4 Å². The summed E-state index contributed by atoms with van der Waals surface area (Å²) in [6.07, 6.45) is -3.56. The second kappa shape index (κ2) is 9.71. The fraction of sp³-hybridized carbons (Fsp3) is 0.250. The number of alkyl halides is 3. The van der Waals surface area contributed by atoms with Crippen molar-refractivity contribution in [3.8, 4) is 5.69 Å². The van der Waals surface area contributed by atoms with Crippen LogP contribution in [0.5, 0.6) is 0 Å². The summed E-state index contributed by atoms with van der Waals surface area (Å²) in [5.41, 5.74) is -0.892. The van der Waals surface area contributed by atoms with Gasteiger partial charge in [-0.15, -0.1) is 0 Å². The van der Waals surface area contributed by atoms with E-state index in [2.05, 4.69) is 15.7 Å². The zero-order chi connectivity index (χ0) is 25.2. The maximum Gasteiger partial charge on any atom is 0.416 e. The summed E-state index contributed by atoms with van der Waals surface area (Å²) in [7, 11) is 0. The number of halogens is 3. The number of ether oxygens (including phenoxy) is 1. The zero-order valence-electron chi connectivity index (χ0n) is 18.6. The molecule has 1 fully saturated rings. The lowest BCUT2D eigenvalue weighted by Gasteiger charge is -2.14. The van der Waals surface area contributed by atoms with Crippen LogP contribution in [-0.4, -0.2) is 34.3 Å². The largest absolute Gasteiger partial charge is 0.416 e. The fourth-order valence-electron chi connectivity index (χ4n) is 3.61. The Morgan fingerprint density at radius 3 is 2.37 bits per heavy atom. The predicted molar refractivity (Wildman–Crippen MR) is 122 cm³/mol. The van der Waals surface area contributed by atoms with Crippen LogP contribution in [0.2, 0.25) is 0 Å². The van der Waals surface area contributed by atoms with Crippen molar-refractivity contribution in [1.29, 1.82) is 0 Å². The van der Waals surface area contributed by atoms with Crippen LogP contribution < -0.4 is 16.1 Å². The van der Waals surface area contributed by atoms with E-state index < -0.39 is 34.9 Å². The summed E-state index contributed by atoms with van der Waals surface area (Å²) < 4.78 is 45.7. The van der Waals surface area contributed by atoms with E-state index in [4.69, 9.17) is 4.74 Å². The molecule has 11 heteroatoms. The highest BCUT2D eigenvalue weighted by atomic mass is 19.4. The molecule has 0 bridgehead atoms. The standard InChI is InChI=1S/C24H21F3N4O4/c1-14-12-19(32)21(30-31(14)18-5-2-4-15(13-18)24(25,26)27)23(34)29-17-9-7-16(8-10-17)28-22(33)20-6-3-11-35-20/h2,4-5,7-10,12-13,20H,3,6,11H2,1H3,(H,28,33)(H,29,34). The summed E-state index contributed by atoms with van der Waals surface area (Å²) in [6.45, 7) is 2.05. The first-order valence-corrected chi connectivity index (χ1v) is 10.7. The Morgan fingerprint density at radius 2 is 1.74 bits per heavy atom. The van der Waals surface area contributed by atoms with E-state index in [1.807, 2.05) is 0 Å². The lowest BCUT2D eigenvalue weighted by atomic mass is 10.2. The molecule has 1 saturated heterocycles. The molecule has 0 saturated carbocycles. The second-order valence-corrected chi connectivity index (χ2v) is 7.98. The van der Waals surface area contributed by atoms with Gasteiger partial charge in [-0.1, -0.05) is 6.07 Å². The third-order valence-electron chi connectivity index (χ3n) is 5.37. The molecule has 1 aliphatic heterocycles. The number of aromatic nitrogens is 2. The van der Waals surface area contributed by atoms with Gasteiger partial charge in [-0.25, -0.2) is 4.68 Å². The molecule has 2 N–H and O–H groups in total. The second-order valence-electron chi connectivity index (χ2n) is 7.98. The van der Waals surface area contributed by atoms with Crippen LogP contribution in [0, 0.1) is 6.92 Å². The summed E-state index contributed by atoms with van der Waals surface area (Å²) in [4.78, 5) is 37.3. The monoisotopic (exact) mass is 486 g/mol. The van der Waals surface area contributed by atoms with Crippen LogP contribution in [-0.2, 0) is 15.7 Å². The molecule has 1 atom stereocenters. The van der Waals surface area contributed by atoms with Crippen LogP contribution in [0.15, 0.2) is 59.4 Å². The molecule has 0 spiro atoms. The van der Waals surface area contributed by atoms with Crippen LogP contribution in [0.4, 0.5) is 24.5 Å². The van der Waals surface area contributed by atoms with Gasteiger partial charge in [0.2, 0.25) is 5.43 Å². The maximum atomic E-state index is 13.1. The van der Waals surface area contributed by atoms with Gasteiger partial charge in [0.25, 0.3) is 11.8 Å². The Bertz CT molecular complexity index is 1310. The number of amides is 2. The molecular weight excluding hydrogens is 465 g/mol. The Morgan fingerprint density at radius 1 is 1.06 bits per heavy atom. The average Bonchev–Trinajstić information content (AvgIpc) is 3.35. The normalized spacial score (nSPS) is 15.6. The van der Waals surface area contributed by atoms with Crippen LogP contribution in [0.3, 0.4) is 0 Å². The molecule has 4 rings (SSSR count). The van der Waals surface area contributed by atoms with E-state index in [-0.39, 0.29) is 17.3 Å². The first-order chi connectivity index (χ1) is 16.6. The number of carbonyl (C=O) groups is 2. The number of anilines is 2. The number of carbonyl (C=O) groups excluding carboxylic acids is 2. The third kappa shape index (κ3) is 5.57. The van der Waals surface area contributed by atoms with Gasteiger partial charge in [0, 0.05) is 29.7 Å². The number of hydrogen-bond acceptors (Lipinski definition) is 5. The molecule has 3 aromatic rings. The summed E-state index contributed by atoms with van der Waals surface area (Å²) in [6, 6.07) is 11.8. The molecule has 2 heterocycles. The van der Waals surface area contributed by atoms with Crippen molar-refractivity contribution in [3.05, 3.63) is 81.8 Å². The van der Waals surface area contributed by atoms with Crippen LogP contribution >= 0.6 is 0 Å². The van der Waals surface area contributed by atoms with Crippen molar-refractivity contribution >= 4 is 23.2 Å². The molecule has 1 unspecified atom stereocenters. The van der Waals surface area contributed by atoms with Gasteiger partial charge in [-0.3, -0.25) is 14.4 Å². The van der Waals surface area contributed by atoms with Gasteiger partial charge in [-0.05, 0) is 62.2 Å². The molecule has 8 nitrogen and oxygen atoms in total. The minimum Gasteiger partial charge on any atom is -0.368 e. The van der Waals surface area contributed by atoms with Gasteiger partial charge >= 0.3 is 6.18 Å². The fourth-order valence-corrected chi connectivity index (χ4v) is 3.61. The van der Waals surface area contributed by atoms with E-state index in [1.165, 1.54) is 31.2 Å². The number of rotatable bonds is 5. The number of hydrogen-bond donors (Lipinski definition) is 2. The molecule has 2 amide bonds. The van der Waals surface area contributed by atoms with Gasteiger partial charge in [-0.2, -0.15) is 18.3 Å². The number of benzene rings is 2. The number of nitrogens with zero attached hydrogens (tertiary/aromatic N) is 2. The average molecular weight is 486 g/mol. The molecule has 1 aromatic heterocycles. The van der Waals surface area contributed by atoms with Gasteiger partial charge in [0.15, 0.2) is 5.69 Å². The van der Waals surface area contributed by atoms with E-state index in [0.717, 1.165) is 29.3 Å². The minimum atomic E-state index is -4.56. The van der Waals surface area contributed by atoms with Crippen LogP contribution in [0.1, 0.15) is 34.6 Å². The maximum absolute atomic E-state index is 13.1. The Hall–Kier alpha value is -3.99. The molecule has 0 aliphatic carbocycles. The molecular formula is C24H21F3N4O4. The topological polar surface area (TPSA) is 102 Å². The Labute approximate surface area is 197 Å². The van der Waals surface area contributed by atoms with Crippen molar-refractivity contribution < 1.29 is 27.5 Å². The predicted octanol–water partition coefficient (Wildman–Crippen LogP) is 3.93. The number of nitrogens with one attached hydrogen (secondary N) is 2. The zero-order valence-corrected chi connectivity index (χ0v) is 18.6. The number of aryl methyl sites for hydroxylation is 1. The van der Waals surface area contributed by atoms with Crippen molar-refractivity contribution in [2.45, 2.75) is 32.0 Å². The molecule has 35 heavy (non-hydrogen) atoms. The van der Waals surface area contributed by atoms with Gasteiger partial charge in [0.05, 0.1) is 11.3 Å². The minimum absolute atomic E-state index is 0.0534. The van der Waals surface area contributed by atoms with Crippen molar-refractivity contribution in [2.24, 2.45) is 0 Å². The quantitative estimate of drug-likeness (QED) is 0.569. The Balaban J connectivity index is 1.52. The molecule has 182 valence electrons. The first-order valence-electron chi connectivity index (χ1n) is 10.7. The Kier molecular flexibility index (Phi) is 6.70. The van der Waals surface area contributed by atoms with Gasteiger partial charge in [0.1, 0.15) is 6.10 Å². The molecule has 0 radical (unpaired) electrons. The molecule has 1 aliphatic rings. The van der Waals surface area contributed by atoms with E-state index in [9.17, 15) is 27.6 Å². The van der Waals surface area contributed by atoms with Crippen molar-refractivity contribution in [1.82, 2.24) is 9.78 Å². The highest BCUT2D eigenvalue weighted by Gasteiger charge is 2.30. The summed E-state index contributed by atoms with van der Waals surface area (Å²) >= 11 is 0. The van der Waals surface area contributed by atoms with Crippen molar-refractivity contribution in [2.75, 3.05) is 17.2 Å².